The maximum Gasteiger partial charge on any atom is 0.276 e. The molecular formula is C21H22ClN3O2. The van der Waals surface area contributed by atoms with Gasteiger partial charge in [-0.05, 0) is 74.2 Å². The number of ether oxygens (including phenoxy) is 1. The molecule has 1 amide bonds. The van der Waals surface area contributed by atoms with Crippen LogP contribution >= 0.6 is 11.6 Å². The van der Waals surface area contributed by atoms with Crippen molar-refractivity contribution in [1.82, 2.24) is 9.78 Å². The van der Waals surface area contributed by atoms with Gasteiger partial charge in [0, 0.05) is 16.9 Å². The Balaban J connectivity index is 1.66. The first kappa shape index (κ1) is 19.0. The van der Waals surface area contributed by atoms with E-state index in [1.54, 1.807) is 16.9 Å². The van der Waals surface area contributed by atoms with E-state index in [1.165, 1.54) is 0 Å². The topological polar surface area (TPSA) is 56.2 Å². The predicted molar refractivity (Wildman–Crippen MR) is 108 cm³/mol. The van der Waals surface area contributed by atoms with Crippen LogP contribution in [0.3, 0.4) is 0 Å². The highest BCUT2D eigenvalue weighted by Crippen LogP contribution is 2.26. The van der Waals surface area contributed by atoms with Crippen molar-refractivity contribution in [3.63, 3.8) is 0 Å². The van der Waals surface area contributed by atoms with Crippen molar-refractivity contribution in [2.24, 2.45) is 0 Å². The van der Waals surface area contributed by atoms with Gasteiger partial charge in [-0.15, -0.1) is 0 Å². The molecule has 27 heavy (non-hydrogen) atoms. The number of carbonyl (C=O) groups excluding carboxylic acids is 1. The van der Waals surface area contributed by atoms with Gasteiger partial charge < -0.3 is 10.1 Å². The van der Waals surface area contributed by atoms with E-state index in [1.807, 2.05) is 58.0 Å². The van der Waals surface area contributed by atoms with Crippen molar-refractivity contribution in [3.8, 4) is 5.75 Å². The number of aryl methyl sites for hydroxylation is 3. The Morgan fingerprint density at radius 1 is 1.11 bits per heavy atom. The normalized spacial score (nSPS) is 10.7. The molecule has 0 saturated heterocycles. The average molecular weight is 384 g/mol. The van der Waals surface area contributed by atoms with E-state index >= 15 is 0 Å². The number of hydrogen-bond acceptors (Lipinski definition) is 3. The summed E-state index contributed by atoms with van der Waals surface area (Å²) >= 11 is 6.17. The minimum absolute atomic E-state index is 0.206. The number of aromatic nitrogens is 2. The maximum absolute atomic E-state index is 12.4. The summed E-state index contributed by atoms with van der Waals surface area (Å²) < 4.78 is 7.35. The third-order valence-electron chi connectivity index (χ3n) is 4.50. The third-order valence-corrected chi connectivity index (χ3v) is 5.10. The molecule has 0 saturated carbocycles. The molecule has 1 heterocycles. The predicted octanol–water partition coefficient (Wildman–Crippen LogP) is 5.06. The van der Waals surface area contributed by atoms with Gasteiger partial charge >= 0.3 is 0 Å². The molecule has 6 heteroatoms. The van der Waals surface area contributed by atoms with E-state index in [4.69, 9.17) is 16.3 Å². The smallest absolute Gasteiger partial charge is 0.276 e. The lowest BCUT2D eigenvalue weighted by Gasteiger charge is -2.10. The monoisotopic (exact) mass is 383 g/mol. The summed E-state index contributed by atoms with van der Waals surface area (Å²) in [6.07, 6.45) is 1.72. The number of rotatable bonds is 5. The number of halogens is 1. The zero-order chi connectivity index (χ0) is 19.6. The summed E-state index contributed by atoms with van der Waals surface area (Å²) in [5.74, 6) is 0.465. The van der Waals surface area contributed by atoms with Crippen LogP contribution in [0.4, 0.5) is 5.69 Å². The Morgan fingerprint density at radius 2 is 1.81 bits per heavy atom. The first-order valence-electron chi connectivity index (χ1n) is 8.65. The number of amides is 1. The molecule has 0 fully saturated rings. The fourth-order valence-corrected chi connectivity index (χ4v) is 2.87. The van der Waals surface area contributed by atoms with Gasteiger partial charge in [0.25, 0.3) is 5.91 Å². The largest absolute Gasteiger partial charge is 0.471 e. The second-order valence-corrected chi connectivity index (χ2v) is 6.96. The van der Waals surface area contributed by atoms with Gasteiger partial charge in [0.1, 0.15) is 5.75 Å². The van der Waals surface area contributed by atoms with Gasteiger partial charge in [-0.25, -0.2) is 4.68 Å². The number of benzene rings is 2. The molecule has 3 rings (SSSR count). The van der Waals surface area contributed by atoms with Crippen LogP contribution in [0.15, 0.2) is 42.6 Å². The quantitative estimate of drug-likeness (QED) is 0.670. The average Bonchev–Trinajstić information content (AvgIpc) is 3.11. The summed E-state index contributed by atoms with van der Waals surface area (Å²) in [5, 5.41) is 7.94. The number of hydrogen-bond donors (Lipinski definition) is 1. The van der Waals surface area contributed by atoms with Crippen LogP contribution in [0.25, 0.3) is 0 Å². The van der Waals surface area contributed by atoms with E-state index in [0.717, 1.165) is 33.0 Å². The Kier molecular flexibility index (Phi) is 5.51. The van der Waals surface area contributed by atoms with Crippen LogP contribution in [0.5, 0.6) is 5.75 Å². The Hall–Kier alpha value is -2.79. The van der Waals surface area contributed by atoms with Crippen molar-refractivity contribution in [2.45, 2.75) is 34.4 Å². The molecular weight excluding hydrogens is 362 g/mol. The molecule has 2 aromatic carbocycles. The van der Waals surface area contributed by atoms with Gasteiger partial charge in [-0.2, -0.15) is 5.10 Å². The molecule has 0 aliphatic carbocycles. The molecule has 0 aliphatic heterocycles. The van der Waals surface area contributed by atoms with Gasteiger partial charge in [-0.3, -0.25) is 4.79 Å². The number of carbonyl (C=O) groups is 1. The number of nitrogens with zero attached hydrogens (tertiary/aromatic N) is 2. The molecule has 0 atom stereocenters. The van der Waals surface area contributed by atoms with Gasteiger partial charge in [0.05, 0.1) is 0 Å². The number of anilines is 1. The van der Waals surface area contributed by atoms with Crippen LogP contribution in [-0.2, 0) is 6.73 Å². The summed E-state index contributed by atoms with van der Waals surface area (Å²) in [7, 11) is 0. The summed E-state index contributed by atoms with van der Waals surface area (Å²) in [6.45, 7) is 8.07. The molecule has 5 nitrogen and oxygen atoms in total. The second-order valence-electron chi connectivity index (χ2n) is 6.59. The van der Waals surface area contributed by atoms with Crippen LogP contribution < -0.4 is 10.1 Å². The van der Waals surface area contributed by atoms with E-state index in [9.17, 15) is 4.79 Å². The SMILES string of the molecule is Cc1cccc(NC(=O)c2ccn(COc3cc(C)c(Cl)c(C)c3)n2)c1C. The van der Waals surface area contributed by atoms with E-state index in [2.05, 4.69) is 10.4 Å². The van der Waals surface area contributed by atoms with Crippen molar-refractivity contribution < 1.29 is 9.53 Å². The number of nitrogens with one attached hydrogen (secondary N) is 1. The van der Waals surface area contributed by atoms with E-state index in [0.29, 0.717) is 11.4 Å². The minimum atomic E-state index is -0.249. The summed E-state index contributed by atoms with van der Waals surface area (Å²) in [6, 6.07) is 11.2. The van der Waals surface area contributed by atoms with Crippen molar-refractivity contribution >= 4 is 23.2 Å². The highest BCUT2D eigenvalue weighted by atomic mass is 35.5. The standard InChI is InChI=1S/C21H22ClN3O2/c1-13-6-5-7-18(16(13)4)23-21(26)19-8-9-25(24-19)12-27-17-10-14(2)20(22)15(3)11-17/h5-11H,12H2,1-4H3,(H,23,26). The van der Waals surface area contributed by atoms with Gasteiger partial charge in [0.15, 0.2) is 12.4 Å². The molecule has 0 unspecified atom stereocenters. The van der Waals surface area contributed by atoms with Crippen LogP contribution in [0.1, 0.15) is 32.7 Å². The molecule has 0 aliphatic rings. The van der Waals surface area contributed by atoms with Crippen molar-refractivity contribution in [2.75, 3.05) is 5.32 Å². The fraction of sp³-hybridized carbons (Fsp3) is 0.238. The van der Waals surface area contributed by atoms with Gasteiger partial charge in [-0.1, -0.05) is 23.7 Å². The Morgan fingerprint density at radius 3 is 2.52 bits per heavy atom. The van der Waals surface area contributed by atoms with Crippen LogP contribution in [0.2, 0.25) is 5.02 Å². The lowest BCUT2D eigenvalue weighted by Crippen LogP contribution is -2.15. The van der Waals surface area contributed by atoms with Crippen molar-refractivity contribution in [3.05, 3.63) is 75.6 Å². The first-order chi connectivity index (χ1) is 12.8. The summed E-state index contributed by atoms with van der Waals surface area (Å²) in [4.78, 5) is 12.4. The molecule has 0 radical (unpaired) electrons. The van der Waals surface area contributed by atoms with E-state index < -0.39 is 0 Å². The zero-order valence-corrected chi connectivity index (χ0v) is 16.6. The molecule has 1 N–H and O–H groups in total. The molecule has 3 aromatic rings. The molecule has 0 bridgehead atoms. The molecule has 1 aromatic heterocycles. The minimum Gasteiger partial charge on any atom is -0.471 e. The first-order valence-corrected chi connectivity index (χ1v) is 9.03. The van der Waals surface area contributed by atoms with Crippen LogP contribution in [-0.4, -0.2) is 15.7 Å². The molecule has 140 valence electrons. The maximum atomic E-state index is 12.4. The van der Waals surface area contributed by atoms with Gasteiger partial charge in [0.2, 0.25) is 0 Å². The second kappa shape index (κ2) is 7.84. The van der Waals surface area contributed by atoms with Crippen LogP contribution in [0, 0.1) is 27.7 Å². The van der Waals surface area contributed by atoms with Crippen molar-refractivity contribution in [1.29, 1.82) is 0 Å². The van der Waals surface area contributed by atoms with E-state index in [-0.39, 0.29) is 12.6 Å². The molecule has 0 spiro atoms. The highest BCUT2D eigenvalue weighted by molar-refractivity contribution is 6.32. The highest BCUT2D eigenvalue weighted by Gasteiger charge is 2.12. The Labute approximate surface area is 163 Å². The third kappa shape index (κ3) is 4.31. The lowest BCUT2D eigenvalue weighted by atomic mass is 10.1. The Bertz CT molecular complexity index is 972. The lowest BCUT2D eigenvalue weighted by molar-refractivity contribution is 0.102. The summed E-state index contributed by atoms with van der Waals surface area (Å²) in [5.41, 5.74) is 5.21. The zero-order valence-electron chi connectivity index (χ0n) is 15.8. The fourth-order valence-electron chi connectivity index (χ4n) is 2.76.